The number of fused-ring (bicyclic) bond motifs is 1. The zero-order chi connectivity index (χ0) is 11.4. The zero-order valence-electron chi connectivity index (χ0n) is 8.08. The lowest BCUT2D eigenvalue weighted by Crippen LogP contribution is -2.08. The lowest BCUT2D eigenvalue weighted by molar-refractivity contribution is 0.360. The monoisotopic (exact) mass is 237 g/mol. The number of rotatable bonds is 4. The lowest BCUT2D eigenvalue weighted by atomic mass is 10.7. The van der Waals surface area contributed by atoms with Gasteiger partial charge in [-0.1, -0.05) is 0 Å². The number of ether oxygens (including phenoxy) is 1. The van der Waals surface area contributed by atoms with Crippen LogP contribution in [0.4, 0.5) is 0 Å². The number of aromatic amines is 1. The standard InChI is InChI=1S/C8H7N5O2S/c9-1-4-16(14)5-15-8-12-6-7(13-8)11-3-2-10-6/h2-3H,4-5H2,(H,10,11,12,13). The molecule has 1 unspecified atom stereocenters. The molecule has 0 aliphatic carbocycles. The van der Waals surface area contributed by atoms with Crippen molar-refractivity contribution in [1.82, 2.24) is 19.9 Å². The molecule has 1 N–H and O–H groups in total. The molecule has 1 atom stereocenters. The van der Waals surface area contributed by atoms with Crippen LogP contribution in [0.5, 0.6) is 6.01 Å². The molecule has 0 amide bonds. The highest BCUT2D eigenvalue weighted by molar-refractivity contribution is 7.85. The van der Waals surface area contributed by atoms with E-state index >= 15 is 0 Å². The van der Waals surface area contributed by atoms with E-state index in [4.69, 9.17) is 10.00 Å². The smallest absolute Gasteiger partial charge is 0.298 e. The molecule has 2 aromatic rings. The summed E-state index contributed by atoms with van der Waals surface area (Å²) in [5.74, 6) is -0.135. The minimum atomic E-state index is -1.33. The molecule has 2 rings (SSSR count). The summed E-state index contributed by atoms with van der Waals surface area (Å²) in [5.41, 5.74) is 0.937. The summed E-state index contributed by atoms with van der Waals surface area (Å²) in [6.07, 6.45) is 3.04. The molecule has 2 aromatic heterocycles. The molecule has 2 heterocycles. The number of nitrogens with zero attached hydrogens (tertiary/aromatic N) is 4. The van der Waals surface area contributed by atoms with Gasteiger partial charge in [0, 0.05) is 12.4 Å². The largest absolute Gasteiger partial charge is 0.451 e. The van der Waals surface area contributed by atoms with Crippen LogP contribution in [0, 0.1) is 11.3 Å². The Kier molecular flexibility index (Phi) is 3.07. The Labute approximate surface area is 93.0 Å². The van der Waals surface area contributed by atoms with Gasteiger partial charge in [0.2, 0.25) is 5.65 Å². The molecule has 0 bridgehead atoms. The first-order valence-electron chi connectivity index (χ1n) is 4.31. The Morgan fingerprint density at radius 1 is 1.50 bits per heavy atom. The Morgan fingerprint density at radius 2 is 2.31 bits per heavy atom. The molecule has 0 aliphatic rings. The van der Waals surface area contributed by atoms with Crippen LogP contribution in [-0.4, -0.2) is 35.8 Å². The summed E-state index contributed by atoms with van der Waals surface area (Å²) in [6, 6.07) is 2.00. The first-order valence-corrected chi connectivity index (χ1v) is 5.80. The van der Waals surface area contributed by atoms with Crippen LogP contribution in [0.15, 0.2) is 12.4 Å². The molecule has 16 heavy (non-hydrogen) atoms. The van der Waals surface area contributed by atoms with Gasteiger partial charge in [-0.15, -0.1) is 0 Å². The molecule has 0 aliphatic heterocycles. The number of hydrogen-bond acceptors (Lipinski definition) is 6. The van der Waals surface area contributed by atoms with Gasteiger partial charge in [-0.05, 0) is 0 Å². The molecule has 8 heteroatoms. The van der Waals surface area contributed by atoms with Crippen LogP contribution in [-0.2, 0) is 10.8 Å². The predicted molar refractivity (Wildman–Crippen MR) is 55.8 cm³/mol. The van der Waals surface area contributed by atoms with Gasteiger partial charge < -0.3 is 4.74 Å². The molecule has 0 spiro atoms. The third kappa shape index (κ3) is 2.32. The molecule has 0 saturated heterocycles. The van der Waals surface area contributed by atoms with E-state index in [1.807, 2.05) is 0 Å². The highest BCUT2D eigenvalue weighted by Gasteiger charge is 2.06. The second-order valence-electron chi connectivity index (χ2n) is 2.77. The van der Waals surface area contributed by atoms with Crippen LogP contribution < -0.4 is 4.74 Å². The SMILES string of the molecule is N#CCS(=O)COc1nc2nccnc2[nH]1. The van der Waals surface area contributed by atoms with Gasteiger partial charge in [0.15, 0.2) is 11.6 Å². The molecule has 7 nitrogen and oxygen atoms in total. The third-order valence-electron chi connectivity index (χ3n) is 1.66. The maximum Gasteiger partial charge on any atom is 0.298 e. The van der Waals surface area contributed by atoms with Crippen molar-refractivity contribution in [2.75, 3.05) is 11.7 Å². The number of hydrogen-bond donors (Lipinski definition) is 1. The Hall–Kier alpha value is -2.01. The van der Waals surface area contributed by atoms with E-state index in [9.17, 15) is 4.21 Å². The molecule has 0 aromatic carbocycles. The normalized spacial score (nSPS) is 12.2. The third-order valence-corrected chi connectivity index (χ3v) is 2.50. The molecule has 0 fully saturated rings. The van der Waals surface area contributed by atoms with Gasteiger partial charge in [0.25, 0.3) is 6.01 Å². The van der Waals surface area contributed by atoms with Crippen molar-refractivity contribution in [3.8, 4) is 12.1 Å². The van der Waals surface area contributed by atoms with Crippen molar-refractivity contribution in [3.63, 3.8) is 0 Å². The molecule has 82 valence electrons. The molecular weight excluding hydrogens is 230 g/mol. The van der Waals surface area contributed by atoms with Crippen molar-refractivity contribution in [2.45, 2.75) is 0 Å². The van der Waals surface area contributed by atoms with Crippen molar-refractivity contribution < 1.29 is 8.95 Å². The average molecular weight is 237 g/mol. The maximum atomic E-state index is 11.1. The quantitative estimate of drug-likeness (QED) is 0.800. The molecular formula is C8H7N5O2S. The summed E-state index contributed by atoms with van der Waals surface area (Å²) in [6.45, 7) is 0. The van der Waals surface area contributed by atoms with Crippen molar-refractivity contribution in [1.29, 1.82) is 5.26 Å². The van der Waals surface area contributed by atoms with E-state index in [1.165, 1.54) is 12.4 Å². The number of nitriles is 1. The second kappa shape index (κ2) is 4.67. The lowest BCUT2D eigenvalue weighted by Gasteiger charge is -1.98. The van der Waals surface area contributed by atoms with Crippen LogP contribution >= 0.6 is 0 Å². The Balaban J connectivity index is 2.05. The summed E-state index contributed by atoms with van der Waals surface area (Å²) in [7, 11) is -1.33. The Bertz CT molecular complexity index is 528. The number of H-pyrrole nitrogens is 1. The van der Waals surface area contributed by atoms with E-state index in [1.54, 1.807) is 6.07 Å². The number of imidazole rings is 1. The average Bonchev–Trinajstić information content (AvgIpc) is 2.69. The van der Waals surface area contributed by atoms with Crippen molar-refractivity contribution in [3.05, 3.63) is 12.4 Å². The first-order chi connectivity index (χ1) is 7.79. The van der Waals surface area contributed by atoms with Crippen molar-refractivity contribution in [2.24, 2.45) is 0 Å². The second-order valence-corrected chi connectivity index (χ2v) is 4.18. The van der Waals surface area contributed by atoms with Crippen LogP contribution in [0.25, 0.3) is 11.3 Å². The number of aromatic nitrogens is 4. The fourth-order valence-electron chi connectivity index (χ4n) is 1.03. The summed E-state index contributed by atoms with van der Waals surface area (Å²) in [5, 5.41) is 8.31. The van der Waals surface area contributed by atoms with Gasteiger partial charge in [0.05, 0.1) is 16.9 Å². The highest BCUT2D eigenvalue weighted by Crippen LogP contribution is 2.10. The van der Waals surface area contributed by atoms with Gasteiger partial charge in [-0.25, -0.2) is 9.97 Å². The Morgan fingerprint density at radius 3 is 3.06 bits per heavy atom. The number of nitrogens with one attached hydrogen (secondary N) is 1. The van der Waals surface area contributed by atoms with E-state index in [-0.39, 0.29) is 17.7 Å². The molecule has 0 radical (unpaired) electrons. The topological polar surface area (TPSA) is 105 Å². The van der Waals surface area contributed by atoms with E-state index in [2.05, 4.69) is 19.9 Å². The van der Waals surface area contributed by atoms with Gasteiger partial charge in [-0.2, -0.15) is 10.2 Å². The summed E-state index contributed by atoms with van der Waals surface area (Å²) < 4.78 is 16.2. The van der Waals surface area contributed by atoms with Crippen LogP contribution in [0.1, 0.15) is 0 Å². The van der Waals surface area contributed by atoms with Gasteiger partial charge >= 0.3 is 0 Å². The van der Waals surface area contributed by atoms with Crippen molar-refractivity contribution >= 4 is 22.1 Å². The van der Waals surface area contributed by atoms with Crippen LogP contribution in [0.2, 0.25) is 0 Å². The van der Waals surface area contributed by atoms with Gasteiger partial charge in [0.1, 0.15) is 5.75 Å². The fraction of sp³-hybridized carbons (Fsp3) is 0.250. The van der Waals surface area contributed by atoms with E-state index in [0.717, 1.165) is 0 Å². The minimum absolute atomic E-state index is 0.0588. The van der Waals surface area contributed by atoms with E-state index in [0.29, 0.717) is 11.3 Å². The molecule has 0 saturated carbocycles. The van der Waals surface area contributed by atoms with Gasteiger partial charge in [-0.3, -0.25) is 9.19 Å². The minimum Gasteiger partial charge on any atom is -0.451 e. The maximum absolute atomic E-state index is 11.1. The summed E-state index contributed by atoms with van der Waals surface area (Å²) >= 11 is 0. The van der Waals surface area contributed by atoms with E-state index < -0.39 is 10.8 Å². The van der Waals surface area contributed by atoms with Crippen LogP contribution in [0.3, 0.4) is 0 Å². The first kappa shape index (κ1) is 10.5. The highest BCUT2D eigenvalue weighted by atomic mass is 32.2. The summed E-state index contributed by atoms with van der Waals surface area (Å²) in [4.78, 5) is 14.7. The fourth-order valence-corrected chi connectivity index (χ4v) is 1.50. The predicted octanol–water partition coefficient (Wildman–Crippen LogP) is -0.0385. The zero-order valence-corrected chi connectivity index (χ0v) is 8.90.